The number of pyridine rings is 2. The molecule has 0 aliphatic rings. The summed E-state index contributed by atoms with van der Waals surface area (Å²) >= 11 is 5.94. The topological polar surface area (TPSA) is 73.2 Å². The van der Waals surface area contributed by atoms with Crippen molar-refractivity contribution < 1.29 is 9.53 Å². The van der Waals surface area contributed by atoms with E-state index < -0.39 is 0 Å². The maximum absolute atomic E-state index is 12.7. The van der Waals surface area contributed by atoms with Crippen LogP contribution < -0.4 is 15.6 Å². The van der Waals surface area contributed by atoms with Crippen LogP contribution >= 0.6 is 11.6 Å². The van der Waals surface area contributed by atoms with Crippen LogP contribution in [0.4, 0.5) is 5.69 Å². The fraction of sp³-hybridized carbons (Fsp3) is 0.261. The molecule has 0 spiro atoms. The summed E-state index contributed by atoms with van der Waals surface area (Å²) in [5, 5.41) is 3.56. The van der Waals surface area contributed by atoms with E-state index in [4.69, 9.17) is 16.3 Å². The Bertz CT molecular complexity index is 1090. The summed E-state index contributed by atoms with van der Waals surface area (Å²) in [5.41, 5.74) is 2.95. The molecular weight excluding hydrogens is 402 g/mol. The number of aromatic nitrogens is 2. The Labute approximate surface area is 180 Å². The molecule has 30 heavy (non-hydrogen) atoms. The molecule has 0 unspecified atom stereocenters. The largest absolute Gasteiger partial charge is 0.491 e. The molecule has 0 atom stereocenters. The molecule has 0 aliphatic carbocycles. The third-order valence-electron chi connectivity index (χ3n) is 4.61. The second-order valence-corrected chi connectivity index (χ2v) is 7.60. The molecule has 0 fully saturated rings. The van der Waals surface area contributed by atoms with Crippen molar-refractivity contribution in [2.45, 2.75) is 40.0 Å². The second-order valence-electron chi connectivity index (χ2n) is 7.22. The van der Waals surface area contributed by atoms with Crippen LogP contribution in [0.3, 0.4) is 0 Å². The molecule has 0 aliphatic heterocycles. The molecule has 1 aromatic carbocycles. The third-order valence-corrected chi connectivity index (χ3v) is 4.82. The number of hydrogen-bond donors (Lipinski definition) is 1. The van der Waals surface area contributed by atoms with Crippen LogP contribution in [0.25, 0.3) is 0 Å². The smallest absolute Gasteiger partial charge is 0.253 e. The maximum atomic E-state index is 12.7. The van der Waals surface area contributed by atoms with Gasteiger partial charge >= 0.3 is 0 Å². The van der Waals surface area contributed by atoms with Gasteiger partial charge < -0.3 is 14.6 Å². The molecule has 0 saturated carbocycles. The molecule has 1 N–H and O–H groups in total. The summed E-state index contributed by atoms with van der Waals surface area (Å²) in [7, 11) is 0. The normalized spacial score (nSPS) is 10.8. The van der Waals surface area contributed by atoms with Crippen molar-refractivity contribution in [3.63, 3.8) is 0 Å². The van der Waals surface area contributed by atoms with Gasteiger partial charge in [-0.3, -0.25) is 9.59 Å². The highest BCUT2D eigenvalue weighted by molar-refractivity contribution is 6.29. The summed E-state index contributed by atoms with van der Waals surface area (Å²) in [6.07, 6.45) is 0.874. The van der Waals surface area contributed by atoms with Gasteiger partial charge in [-0.05, 0) is 50.6 Å². The van der Waals surface area contributed by atoms with E-state index >= 15 is 0 Å². The Kier molecular flexibility index (Phi) is 6.90. The van der Waals surface area contributed by atoms with Gasteiger partial charge in [-0.15, -0.1) is 0 Å². The van der Waals surface area contributed by atoms with E-state index in [0.717, 1.165) is 17.6 Å². The number of nitrogens with zero attached hydrogens (tertiary/aromatic N) is 2. The van der Waals surface area contributed by atoms with Crippen molar-refractivity contribution in [2.24, 2.45) is 0 Å². The quantitative estimate of drug-likeness (QED) is 0.426. The van der Waals surface area contributed by atoms with E-state index in [1.165, 1.54) is 10.6 Å². The molecule has 0 bridgehead atoms. The predicted molar refractivity (Wildman–Crippen MR) is 119 cm³/mol. The zero-order chi connectivity index (χ0) is 21.7. The van der Waals surface area contributed by atoms with E-state index in [1.807, 2.05) is 38.1 Å². The number of benzene rings is 1. The average molecular weight is 426 g/mol. The van der Waals surface area contributed by atoms with Crippen LogP contribution in [0.15, 0.2) is 53.3 Å². The summed E-state index contributed by atoms with van der Waals surface area (Å²) < 4.78 is 7.16. The third kappa shape index (κ3) is 5.27. The second kappa shape index (κ2) is 9.59. The SMILES string of the molecule is Cc1c(C=O)c(NCc2ccc(OC(C)C)cc2)cc(=O)n1Cc1cccc(Cl)n1. The molecule has 2 aromatic heterocycles. The van der Waals surface area contributed by atoms with Gasteiger partial charge in [0.1, 0.15) is 10.9 Å². The minimum Gasteiger partial charge on any atom is -0.491 e. The minimum absolute atomic E-state index is 0.112. The van der Waals surface area contributed by atoms with Crippen LogP contribution in [-0.2, 0) is 13.1 Å². The first-order valence-electron chi connectivity index (χ1n) is 9.68. The van der Waals surface area contributed by atoms with Crippen molar-refractivity contribution in [3.05, 3.63) is 86.6 Å². The van der Waals surface area contributed by atoms with Gasteiger partial charge in [0.25, 0.3) is 5.56 Å². The first-order valence-corrected chi connectivity index (χ1v) is 10.1. The molecule has 3 rings (SSSR count). The Morgan fingerprint density at radius 2 is 1.93 bits per heavy atom. The van der Waals surface area contributed by atoms with Crippen molar-refractivity contribution in [2.75, 3.05) is 5.32 Å². The van der Waals surface area contributed by atoms with Gasteiger partial charge in [0.2, 0.25) is 0 Å². The number of aldehydes is 1. The van der Waals surface area contributed by atoms with Crippen LogP contribution in [0.5, 0.6) is 5.75 Å². The zero-order valence-corrected chi connectivity index (χ0v) is 17.9. The van der Waals surface area contributed by atoms with E-state index in [9.17, 15) is 9.59 Å². The first-order chi connectivity index (χ1) is 14.4. The Balaban J connectivity index is 1.80. The lowest BCUT2D eigenvalue weighted by atomic mass is 10.1. The number of carbonyl (C=O) groups is 1. The molecule has 0 radical (unpaired) electrons. The Hall–Kier alpha value is -3.12. The van der Waals surface area contributed by atoms with Crippen LogP contribution in [-0.4, -0.2) is 21.9 Å². The van der Waals surface area contributed by atoms with Gasteiger partial charge in [0.15, 0.2) is 6.29 Å². The number of ether oxygens (including phenoxy) is 1. The molecule has 0 amide bonds. The lowest BCUT2D eigenvalue weighted by Crippen LogP contribution is -2.25. The summed E-state index contributed by atoms with van der Waals surface area (Å²) in [6, 6.07) is 14.4. The zero-order valence-electron chi connectivity index (χ0n) is 17.2. The van der Waals surface area contributed by atoms with Crippen molar-refractivity contribution >= 4 is 23.6 Å². The van der Waals surface area contributed by atoms with E-state index in [0.29, 0.717) is 34.3 Å². The van der Waals surface area contributed by atoms with Gasteiger partial charge in [0.05, 0.1) is 29.6 Å². The lowest BCUT2D eigenvalue weighted by Gasteiger charge is -2.16. The summed E-state index contributed by atoms with van der Waals surface area (Å²) in [5.74, 6) is 0.801. The highest BCUT2D eigenvalue weighted by Crippen LogP contribution is 2.19. The summed E-state index contributed by atoms with van der Waals surface area (Å²) in [6.45, 7) is 6.41. The van der Waals surface area contributed by atoms with Crippen LogP contribution in [0.2, 0.25) is 5.15 Å². The molecule has 3 aromatic rings. The molecule has 7 heteroatoms. The number of nitrogens with one attached hydrogen (secondary N) is 1. The minimum atomic E-state index is -0.219. The van der Waals surface area contributed by atoms with Gasteiger partial charge in [-0.2, -0.15) is 0 Å². The Morgan fingerprint density at radius 3 is 2.57 bits per heavy atom. The van der Waals surface area contributed by atoms with Gasteiger partial charge in [-0.1, -0.05) is 29.8 Å². The standard InChI is InChI=1S/C23H24ClN3O3/c1-15(2)30-19-9-7-17(8-10-19)12-25-21-11-23(29)27(16(3)20(21)14-28)13-18-5-4-6-22(24)26-18/h4-11,14-15,25H,12-13H2,1-3H3. The van der Waals surface area contributed by atoms with Crippen LogP contribution in [0, 0.1) is 6.92 Å². The highest BCUT2D eigenvalue weighted by Gasteiger charge is 2.13. The molecular formula is C23H24ClN3O3. The average Bonchev–Trinajstić information content (AvgIpc) is 2.70. The van der Waals surface area contributed by atoms with E-state index in [2.05, 4.69) is 10.3 Å². The van der Waals surface area contributed by atoms with Crippen molar-refractivity contribution in [3.8, 4) is 5.75 Å². The number of hydrogen-bond acceptors (Lipinski definition) is 5. The summed E-state index contributed by atoms with van der Waals surface area (Å²) in [4.78, 5) is 28.7. The number of anilines is 1. The molecule has 6 nitrogen and oxygen atoms in total. The molecule has 0 saturated heterocycles. The monoisotopic (exact) mass is 425 g/mol. The van der Waals surface area contributed by atoms with Crippen molar-refractivity contribution in [1.82, 2.24) is 9.55 Å². The molecule has 2 heterocycles. The molecule has 156 valence electrons. The maximum Gasteiger partial charge on any atom is 0.253 e. The number of carbonyl (C=O) groups excluding carboxylic acids is 1. The van der Waals surface area contributed by atoms with E-state index in [1.54, 1.807) is 25.1 Å². The fourth-order valence-electron chi connectivity index (χ4n) is 3.13. The fourth-order valence-corrected chi connectivity index (χ4v) is 3.31. The van der Waals surface area contributed by atoms with Crippen molar-refractivity contribution in [1.29, 1.82) is 0 Å². The lowest BCUT2D eigenvalue weighted by molar-refractivity contribution is 0.112. The number of halogens is 1. The number of rotatable bonds is 8. The van der Waals surface area contributed by atoms with Crippen LogP contribution in [0.1, 0.15) is 41.2 Å². The highest BCUT2D eigenvalue weighted by atomic mass is 35.5. The first kappa shape index (κ1) is 21.6. The predicted octanol–water partition coefficient (Wildman–Crippen LogP) is 4.47. The Morgan fingerprint density at radius 1 is 1.20 bits per heavy atom. The van der Waals surface area contributed by atoms with E-state index in [-0.39, 0.29) is 18.2 Å². The van der Waals surface area contributed by atoms with Gasteiger partial charge in [-0.25, -0.2) is 4.98 Å². The van der Waals surface area contributed by atoms with Gasteiger partial charge in [0, 0.05) is 18.3 Å².